The fourth-order valence-corrected chi connectivity index (χ4v) is 3.63. The largest absolute Gasteiger partial charge is 0.324 e. The average molecular weight is 403 g/mol. The molecule has 0 radical (unpaired) electrons. The number of thiophene rings is 1. The first-order valence-corrected chi connectivity index (χ1v) is 9.98. The van der Waals surface area contributed by atoms with Crippen molar-refractivity contribution >= 4 is 57.9 Å². The van der Waals surface area contributed by atoms with Crippen molar-refractivity contribution < 1.29 is 9.59 Å². The smallest absolute Gasteiger partial charge is 0.265 e. The van der Waals surface area contributed by atoms with Crippen molar-refractivity contribution in [1.82, 2.24) is 0 Å². The quantitative estimate of drug-likeness (QED) is 0.544. The third kappa shape index (κ3) is 5.11. The molecule has 0 saturated heterocycles. The van der Waals surface area contributed by atoms with E-state index in [9.17, 15) is 9.59 Å². The lowest BCUT2D eigenvalue weighted by Crippen LogP contribution is -2.14. The van der Waals surface area contributed by atoms with Gasteiger partial charge < -0.3 is 10.6 Å². The Kier molecular flexibility index (Phi) is 6.33. The van der Waals surface area contributed by atoms with Crippen LogP contribution in [0.25, 0.3) is 0 Å². The standard InChI is InChI=1S/C19H15ClN2O2S2/c20-15-4-1-2-5-16(15)22-18(23)12-26-14-9-7-13(8-10-14)21-19(24)17-6-3-11-25-17/h1-11H,12H2,(H,21,24)(H,22,23). The minimum atomic E-state index is -0.127. The monoisotopic (exact) mass is 402 g/mol. The molecule has 26 heavy (non-hydrogen) atoms. The summed E-state index contributed by atoms with van der Waals surface area (Å²) in [6.45, 7) is 0. The second-order valence-electron chi connectivity index (χ2n) is 5.27. The molecule has 0 saturated carbocycles. The number of amides is 2. The van der Waals surface area contributed by atoms with Gasteiger partial charge in [-0.3, -0.25) is 9.59 Å². The van der Waals surface area contributed by atoms with Crippen molar-refractivity contribution in [2.75, 3.05) is 16.4 Å². The molecule has 0 unspecified atom stereocenters. The van der Waals surface area contributed by atoms with Gasteiger partial charge in [-0.2, -0.15) is 0 Å². The van der Waals surface area contributed by atoms with Crippen LogP contribution in [0.3, 0.4) is 0 Å². The number of halogens is 1. The molecule has 0 bridgehead atoms. The van der Waals surface area contributed by atoms with E-state index in [0.29, 0.717) is 21.3 Å². The lowest BCUT2D eigenvalue weighted by atomic mass is 10.3. The molecule has 0 aliphatic rings. The summed E-state index contributed by atoms with van der Waals surface area (Å²) in [6.07, 6.45) is 0. The Bertz CT molecular complexity index is 896. The molecule has 0 aliphatic heterocycles. The van der Waals surface area contributed by atoms with Crippen LogP contribution >= 0.6 is 34.7 Å². The van der Waals surface area contributed by atoms with Gasteiger partial charge in [0.2, 0.25) is 5.91 Å². The molecule has 4 nitrogen and oxygen atoms in total. The molecule has 1 aromatic heterocycles. The van der Waals surface area contributed by atoms with Crippen LogP contribution in [0.5, 0.6) is 0 Å². The number of nitrogens with one attached hydrogen (secondary N) is 2. The molecule has 2 amide bonds. The minimum Gasteiger partial charge on any atom is -0.324 e. The number of rotatable bonds is 6. The summed E-state index contributed by atoms with van der Waals surface area (Å²) in [7, 11) is 0. The Balaban J connectivity index is 1.50. The van der Waals surface area contributed by atoms with Gasteiger partial charge in [0.05, 0.1) is 21.3 Å². The van der Waals surface area contributed by atoms with Gasteiger partial charge in [-0.05, 0) is 47.8 Å². The Morgan fingerprint density at radius 1 is 0.962 bits per heavy atom. The van der Waals surface area contributed by atoms with Crippen LogP contribution in [0.15, 0.2) is 70.9 Å². The maximum absolute atomic E-state index is 12.0. The normalized spacial score (nSPS) is 10.3. The molecule has 132 valence electrons. The zero-order valence-electron chi connectivity index (χ0n) is 13.6. The van der Waals surface area contributed by atoms with Crippen LogP contribution in [-0.2, 0) is 4.79 Å². The van der Waals surface area contributed by atoms with Gasteiger partial charge in [0.25, 0.3) is 5.91 Å². The van der Waals surface area contributed by atoms with Crippen molar-refractivity contribution in [2.24, 2.45) is 0 Å². The highest BCUT2D eigenvalue weighted by Crippen LogP contribution is 2.23. The number of hydrogen-bond donors (Lipinski definition) is 2. The number of carbonyl (C=O) groups is 2. The molecule has 0 aliphatic carbocycles. The summed E-state index contributed by atoms with van der Waals surface area (Å²) in [5.41, 5.74) is 1.32. The molecule has 1 heterocycles. The minimum absolute atomic E-state index is 0.125. The predicted octanol–water partition coefficient (Wildman–Crippen LogP) is 5.38. The number of anilines is 2. The number of hydrogen-bond acceptors (Lipinski definition) is 4. The van der Waals surface area contributed by atoms with E-state index in [1.807, 2.05) is 47.8 Å². The van der Waals surface area contributed by atoms with Crippen LogP contribution in [0.4, 0.5) is 11.4 Å². The van der Waals surface area contributed by atoms with E-state index in [1.165, 1.54) is 23.1 Å². The van der Waals surface area contributed by atoms with Gasteiger partial charge in [0, 0.05) is 10.6 Å². The van der Waals surface area contributed by atoms with Crippen molar-refractivity contribution in [2.45, 2.75) is 4.90 Å². The molecular formula is C19H15ClN2O2S2. The van der Waals surface area contributed by atoms with E-state index in [0.717, 1.165) is 4.90 Å². The van der Waals surface area contributed by atoms with E-state index in [1.54, 1.807) is 18.2 Å². The summed E-state index contributed by atoms with van der Waals surface area (Å²) in [5.74, 6) is 0.0178. The Morgan fingerprint density at radius 2 is 1.73 bits per heavy atom. The maximum Gasteiger partial charge on any atom is 0.265 e. The van der Waals surface area contributed by atoms with Crippen molar-refractivity contribution in [3.05, 3.63) is 75.9 Å². The lowest BCUT2D eigenvalue weighted by molar-refractivity contribution is -0.113. The highest BCUT2D eigenvalue weighted by atomic mass is 35.5. The van der Waals surface area contributed by atoms with Gasteiger partial charge in [0.15, 0.2) is 0 Å². The first-order valence-electron chi connectivity index (χ1n) is 7.74. The summed E-state index contributed by atoms with van der Waals surface area (Å²) in [5, 5.41) is 8.00. The first-order chi connectivity index (χ1) is 12.6. The molecule has 2 N–H and O–H groups in total. The number of para-hydroxylation sites is 1. The SMILES string of the molecule is O=C(CSc1ccc(NC(=O)c2cccs2)cc1)Nc1ccccc1Cl. The molecule has 0 fully saturated rings. The van der Waals surface area contributed by atoms with Gasteiger partial charge in [0.1, 0.15) is 0 Å². The maximum atomic E-state index is 12.0. The van der Waals surface area contributed by atoms with E-state index < -0.39 is 0 Å². The lowest BCUT2D eigenvalue weighted by Gasteiger charge is -2.08. The van der Waals surface area contributed by atoms with Crippen LogP contribution in [-0.4, -0.2) is 17.6 Å². The van der Waals surface area contributed by atoms with Crippen LogP contribution < -0.4 is 10.6 Å². The molecule has 3 aromatic rings. The molecule has 7 heteroatoms. The number of benzene rings is 2. The third-order valence-corrected chi connectivity index (χ3v) is 5.59. The molecule has 2 aromatic carbocycles. The molecule has 3 rings (SSSR count). The fraction of sp³-hybridized carbons (Fsp3) is 0.0526. The van der Waals surface area contributed by atoms with E-state index in [4.69, 9.17) is 11.6 Å². The van der Waals surface area contributed by atoms with Gasteiger partial charge in [-0.15, -0.1) is 23.1 Å². The Morgan fingerprint density at radius 3 is 2.42 bits per heavy atom. The number of thioether (sulfide) groups is 1. The van der Waals surface area contributed by atoms with Crippen molar-refractivity contribution in [1.29, 1.82) is 0 Å². The second kappa shape index (κ2) is 8.89. The molecular weight excluding hydrogens is 388 g/mol. The third-order valence-electron chi connectivity index (χ3n) is 3.38. The summed E-state index contributed by atoms with van der Waals surface area (Å²) in [4.78, 5) is 25.6. The van der Waals surface area contributed by atoms with E-state index >= 15 is 0 Å². The van der Waals surface area contributed by atoms with Crippen molar-refractivity contribution in [3.8, 4) is 0 Å². The van der Waals surface area contributed by atoms with Crippen LogP contribution in [0.2, 0.25) is 5.02 Å². The fourth-order valence-electron chi connectivity index (χ4n) is 2.13. The molecule has 0 atom stereocenters. The Labute approximate surface area is 164 Å². The Hall–Kier alpha value is -2.28. The summed E-state index contributed by atoms with van der Waals surface area (Å²) >= 11 is 8.84. The summed E-state index contributed by atoms with van der Waals surface area (Å²) < 4.78 is 0. The van der Waals surface area contributed by atoms with Crippen LogP contribution in [0, 0.1) is 0 Å². The zero-order valence-corrected chi connectivity index (χ0v) is 16.0. The van der Waals surface area contributed by atoms with Crippen molar-refractivity contribution in [3.63, 3.8) is 0 Å². The van der Waals surface area contributed by atoms with Gasteiger partial charge in [-0.25, -0.2) is 0 Å². The topological polar surface area (TPSA) is 58.2 Å². The first kappa shape index (κ1) is 18.5. The molecule has 0 spiro atoms. The van der Waals surface area contributed by atoms with E-state index in [2.05, 4.69) is 10.6 Å². The van der Waals surface area contributed by atoms with Crippen LogP contribution in [0.1, 0.15) is 9.67 Å². The van der Waals surface area contributed by atoms with Gasteiger partial charge >= 0.3 is 0 Å². The second-order valence-corrected chi connectivity index (χ2v) is 7.68. The van der Waals surface area contributed by atoms with E-state index in [-0.39, 0.29) is 17.6 Å². The highest BCUT2D eigenvalue weighted by Gasteiger charge is 2.08. The predicted molar refractivity (Wildman–Crippen MR) is 110 cm³/mol. The number of carbonyl (C=O) groups excluding carboxylic acids is 2. The summed E-state index contributed by atoms with van der Waals surface area (Å²) in [6, 6.07) is 18.1. The van der Waals surface area contributed by atoms with Gasteiger partial charge in [-0.1, -0.05) is 29.8 Å². The zero-order chi connectivity index (χ0) is 18.4. The highest BCUT2D eigenvalue weighted by molar-refractivity contribution is 8.00. The average Bonchev–Trinajstić information content (AvgIpc) is 3.18.